The molecular weight excluding hydrogens is 1020 g/mol. The molecule has 0 N–H and O–H groups in total. The van der Waals surface area contributed by atoms with Gasteiger partial charge in [0.2, 0.25) is 0 Å². The number of hydrogen-bond acceptors (Lipinski definition) is 5. The molecule has 0 atom stereocenters. The second-order valence-electron chi connectivity index (χ2n) is 21.7. The number of aromatic nitrogens is 2. The van der Waals surface area contributed by atoms with E-state index in [4.69, 9.17) is 9.97 Å². The van der Waals surface area contributed by atoms with E-state index in [0.717, 1.165) is 141 Å². The summed E-state index contributed by atoms with van der Waals surface area (Å²) in [4.78, 5) is 28.9. The third-order valence-electron chi connectivity index (χ3n) is 16.9. The fraction of sp³-hybridized carbons (Fsp3) is 0.0253. The molecular formula is C79H54N4O. The minimum atomic E-state index is -1.01. The summed E-state index contributed by atoms with van der Waals surface area (Å²) in [6.45, 7) is 0. The molecule has 0 fully saturated rings. The van der Waals surface area contributed by atoms with Crippen molar-refractivity contribution in [2.45, 2.75) is 5.41 Å². The third-order valence-corrected chi connectivity index (χ3v) is 16.9. The molecule has 396 valence electrons. The van der Waals surface area contributed by atoms with Gasteiger partial charge in [0.25, 0.3) is 0 Å². The van der Waals surface area contributed by atoms with Crippen molar-refractivity contribution in [3.05, 3.63) is 331 Å². The van der Waals surface area contributed by atoms with Gasteiger partial charge >= 0.3 is 0 Å². The van der Waals surface area contributed by atoms with Crippen LogP contribution >= 0.6 is 0 Å². The minimum Gasteiger partial charge on any atom is -0.344 e. The first-order valence-electron chi connectivity index (χ1n) is 28.5. The lowest BCUT2D eigenvalue weighted by Gasteiger charge is -2.52. The maximum Gasteiger partial charge on any atom is 0.160 e. The molecule has 0 amide bonds. The molecule has 12 aromatic carbocycles. The summed E-state index contributed by atoms with van der Waals surface area (Å²) in [6, 6.07) is 108. The van der Waals surface area contributed by atoms with Crippen LogP contribution in [0, 0.1) is 0 Å². The molecule has 0 saturated heterocycles. The number of carbonyl (C=O) groups is 1. The topological polar surface area (TPSA) is 49.3 Å². The van der Waals surface area contributed by atoms with Crippen LogP contribution in [-0.2, 0) is 5.41 Å². The Balaban J connectivity index is 1.08. The molecule has 84 heavy (non-hydrogen) atoms. The Morgan fingerprint density at radius 2 is 0.726 bits per heavy atom. The molecule has 2 aliphatic rings. The fourth-order valence-electron chi connectivity index (χ4n) is 13.0. The van der Waals surface area contributed by atoms with E-state index in [2.05, 4.69) is 290 Å². The summed E-state index contributed by atoms with van der Waals surface area (Å²) >= 11 is 0. The zero-order valence-electron chi connectivity index (χ0n) is 46.1. The molecule has 0 saturated carbocycles. The molecule has 15 rings (SSSR count). The van der Waals surface area contributed by atoms with Gasteiger partial charge in [0.05, 0.1) is 33.9 Å². The summed E-state index contributed by atoms with van der Waals surface area (Å²) in [5.41, 5.74) is 24.4. The van der Waals surface area contributed by atoms with Crippen molar-refractivity contribution in [1.29, 1.82) is 0 Å². The van der Waals surface area contributed by atoms with E-state index < -0.39 is 5.41 Å². The largest absolute Gasteiger partial charge is 0.344 e. The molecule has 5 nitrogen and oxygen atoms in total. The van der Waals surface area contributed by atoms with Crippen molar-refractivity contribution in [2.75, 3.05) is 16.8 Å². The minimum absolute atomic E-state index is 0.625. The number of nitrogens with zero attached hydrogens (tertiary/aromatic N) is 4. The van der Waals surface area contributed by atoms with E-state index in [1.165, 1.54) is 0 Å². The van der Waals surface area contributed by atoms with E-state index in [0.29, 0.717) is 11.4 Å². The van der Waals surface area contributed by atoms with Crippen molar-refractivity contribution >= 4 is 34.7 Å². The van der Waals surface area contributed by atoms with Gasteiger partial charge in [-0.3, -0.25) is 4.79 Å². The second kappa shape index (κ2) is 20.8. The van der Waals surface area contributed by atoms with E-state index in [1.54, 1.807) is 0 Å². The lowest BCUT2D eigenvalue weighted by Crippen LogP contribution is -2.42. The quantitative estimate of drug-likeness (QED) is 0.128. The van der Waals surface area contributed by atoms with Gasteiger partial charge in [-0.05, 0) is 139 Å². The van der Waals surface area contributed by atoms with Gasteiger partial charge < -0.3 is 9.80 Å². The van der Waals surface area contributed by atoms with Crippen LogP contribution in [0.25, 0.3) is 89.5 Å². The predicted molar refractivity (Wildman–Crippen MR) is 346 cm³/mol. The standard InChI is InChI=1S/C79H54N4O/c1-82-74-42-39-59(53-23-8-2-9-24-53)47-68(74)79(71-50-64(56-29-14-5-15-30-56)46-67(77(71)82)66-38-21-20-35-63(66)52-84)69-48-60(54-25-10-3-11-26-54)40-43-75(69)83(76-44-41-61(49-70(76)79)55-27-12-4-13-28-55)65-37-22-36-62(45-65)78-80-72(57-31-16-6-17-32-57)51-73(81-78)58-33-18-7-19-34-58/h2-52H,1H3. The highest BCUT2D eigenvalue weighted by Crippen LogP contribution is 2.66. The van der Waals surface area contributed by atoms with E-state index in [-0.39, 0.29) is 0 Å². The lowest BCUT2D eigenvalue weighted by molar-refractivity contribution is 0.112. The van der Waals surface area contributed by atoms with Gasteiger partial charge in [0.1, 0.15) is 0 Å². The average molecular weight is 1080 g/mol. The second-order valence-corrected chi connectivity index (χ2v) is 21.7. The summed E-state index contributed by atoms with van der Waals surface area (Å²) in [5.74, 6) is 0.632. The van der Waals surface area contributed by atoms with Crippen LogP contribution in [0.15, 0.2) is 303 Å². The first-order chi connectivity index (χ1) is 41.5. The SMILES string of the molecule is CN1c2ccc(-c3ccccc3)cc2C2(c3cc(-c4ccccc4)ccc3N(c3cccc(-c4nc(-c5ccccc5)cc(-c5ccccc5)n4)c3)c3ccc(-c4ccccc4)cc32)c2cc(-c3ccccc3)cc(-c3ccccc3C=O)c21. The van der Waals surface area contributed by atoms with Crippen LogP contribution in [0.2, 0.25) is 0 Å². The van der Waals surface area contributed by atoms with Crippen LogP contribution in [0.1, 0.15) is 32.6 Å². The van der Waals surface area contributed by atoms with Gasteiger partial charge in [-0.15, -0.1) is 0 Å². The Labute approximate surface area is 489 Å². The van der Waals surface area contributed by atoms with E-state index in [9.17, 15) is 4.79 Å². The predicted octanol–water partition coefficient (Wildman–Crippen LogP) is 19.9. The fourth-order valence-corrected chi connectivity index (χ4v) is 13.0. The summed E-state index contributed by atoms with van der Waals surface area (Å²) < 4.78 is 0. The number of rotatable bonds is 10. The first-order valence-corrected chi connectivity index (χ1v) is 28.5. The molecule has 1 aromatic heterocycles. The van der Waals surface area contributed by atoms with Crippen LogP contribution in [0.4, 0.5) is 28.4 Å². The number of hydrogen-bond donors (Lipinski definition) is 0. The smallest absolute Gasteiger partial charge is 0.160 e. The van der Waals surface area contributed by atoms with Crippen LogP contribution < -0.4 is 9.80 Å². The van der Waals surface area contributed by atoms with Crippen molar-refractivity contribution in [3.63, 3.8) is 0 Å². The molecule has 5 heteroatoms. The van der Waals surface area contributed by atoms with Crippen molar-refractivity contribution in [1.82, 2.24) is 9.97 Å². The molecule has 0 bridgehead atoms. The van der Waals surface area contributed by atoms with Crippen molar-refractivity contribution in [3.8, 4) is 89.5 Å². The zero-order valence-corrected chi connectivity index (χ0v) is 46.1. The number of fused-ring (bicyclic) bond motifs is 8. The Morgan fingerprint density at radius 3 is 1.21 bits per heavy atom. The molecule has 0 aliphatic carbocycles. The number of carbonyl (C=O) groups excluding carboxylic acids is 1. The molecule has 1 spiro atoms. The molecule has 3 heterocycles. The Bertz CT molecular complexity index is 4480. The third kappa shape index (κ3) is 8.44. The molecule has 2 aliphatic heterocycles. The maximum absolute atomic E-state index is 13.4. The highest BCUT2D eigenvalue weighted by Gasteiger charge is 2.53. The summed E-state index contributed by atoms with van der Waals surface area (Å²) in [7, 11) is 2.20. The molecule has 0 radical (unpaired) electrons. The Hall–Kier alpha value is -11.0. The average Bonchev–Trinajstić information content (AvgIpc) is 0.776. The van der Waals surface area contributed by atoms with Crippen molar-refractivity contribution < 1.29 is 4.79 Å². The summed E-state index contributed by atoms with van der Waals surface area (Å²) in [6.07, 6.45) is 0.997. The van der Waals surface area contributed by atoms with Gasteiger partial charge in [-0.2, -0.15) is 0 Å². The Kier molecular flexibility index (Phi) is 12.4. The maximum atomic E-state index is 13.4. The van der Waals surface area contributed by atoms with E-state index >= 15 is 0 Å². The van der Waals surface area contributed by atoms with Gasteiger partial charge in [-0.1, -0.05) is 237 Å². The summed E-state index contributed by atoms with van der Waals surface area (Å²) in [5, 5.41) is 0. The van der Waals surface area contributed by atoms with Gasteiger partial charge in [0.15, 0.2) is 12.1 Å². The number of benzene rings is 12. The number of aldehydes is 1. The van der Waals surface area contributed by atoms with Crippen LogP contribution in [0.5, 0.6) is 0 Å². The normalized spacial score (nSPS) is 12.7. The van der Waals surface area contributed by atoms with Gasteiger partial charge in [-0.25, -0.2) is 9.97 Å². The monoisotopic (exact) mass is 1070 g/mol. The van der Waals surface area contributed by atoms with Gasteiger partial charge in [0, 0.05) is 46.2 Å². The van der Waals surface area contributed by atoms with Crippen LogP contribution in [0.3, 0.4) is 0 Å². The lowest BCUT2D eigenvalue weighted by atomic mass is 9.58. The highest BCUT2D eigenvalue weighted by molar-refractivity contribution is 6.03. The van der Waals surface area contributed by atoms with Crippen molar-refractivity contribution in [2.24, 2.45) is 0 Å². The van der Waals surface area contributed by atoms with E-state index in [1.807, 2.05) is 30.3 Å². The van der Waals surface area contributed by atoms with Crippen LogP contribution in [-0.4, -0.2) is 23.3 Å². The first kappa shape index (κ1) is 50.0. The number of anilines is 5. The zero-order chi connectivity index (χ0) is 56.1. The Morgan fingerprint density at radius 1 is 0.321 bits per heavy atom. The molecule has 13 aromatic rings. The molecule has 0 unspecified atom stereocenters. The highest BCUT2D eigenvalue weighted by atomic mass is 16.1.